The van der Waals surface area contributed by atoms with Crippen LogP contribution < -0.4 is 4.74 Å². The average Bonchev–Trinajstić information content (AvgIpc) is 2.93. The van der Waals surface area contributed by atoms with Gasteiger partial charge in [0.25, 0.3) is 5.69 Å². The normalized spacial score (nSPS) is 10.3. The number of hydrogen-bond acceptors (Lipinski definition) is 6. The van der Waals surface area contributed by atoms with E-state index < -0.39 is 10.9 Å². The summed E-state index contributed by atoms with van der Waals surface area (Å²) in [5, 5.41) is 20.0. The van der Waals surface area contributed by atoms with E-state index in [1.165, 1.54) is 37.1 Å². The maximum absolute atomic E-state index is 10.8. The van der Waals surface area contributed by atoms with Crippen LogP contribution >= 0.6 is 11.8 Å². The van der Waals surface area contributed by atoms with Crippen LogP contribution in [-0.4, -0.2) is 23.1 Å². The van der Waals surface area contributed by atoms with Crippen LogP contribution in [0.1, 0.15) is 16.1 Å². The molecule has 0 atom stereocenters. The Hall–Kier alpha value is -2.48. The number of nitrogens with zero attached hydrogens (tertiary/aromatic N) is 1. The molecule has 0 aliphatic carbocycles. The van der Waals surface area contributed by atoms with Crippen molar-refractivity contribution < 1.29 is 24.0 Å². The highest BCUT2D eigenvalue weighted by Crippen LogP contribution is 2.29. The van der Waals surface area contributed by atoms with Gasteiger partial charge in [-0.1, -0.05) is 11.8 Å². The number of carboxylic acids is 1. The standard InChI is InChI=1S/C13H11NO6S/c1-19-10-5-8(4-9(6-10)14(17)18)7-21-12-3-2-11(20-12)13(15)16/h2-6H,7H2,1H3,(H,15,16). The Labute approximate surface area is 123 Å². The van der Waals surface area contributed by atoms with Crippen molar-refractivity contribution in [2.75, 3.05) is 7.11 Å². The number of thioether (sulfide) groups is 1. The van der Waals surface area contributed by atoms with Crippen LogP contribution in [0.15, 0.2) is 39.8 Å². The van der Waals surface area contributed by atoms with Crippen LogP contribution in [0, 0.1) is 10.1 Å². The molecule has 1 aromatic carbocycles. The largest absolute Gasteiger partial charge is 0.496 e. The van der Waals surface area contributed by atoms with Crippen LogP contribution in [-0.2, 0) is 5.75 Å². The van der Waals surface area contributed by atoms with E-state index in [4.69, 9.17) is 14.3 Å². The predicted molar refractivity (Wildman–Crippen MR) is 74.9 cm³/mol. The van der Waals surface area contributed by atoms with E-state index in [-0.39, 0.29) is 11.4 Å². The molecule has 0 saturated carbocycles. The lowest BCUT2D eigenvalue weighted by molar-refractivity contribution is -0.385. The van der Waals surface area contributed by atoms with Gasteiger partial charge in [0.2, 0.25) is 5.76 Å². The summed E-state index contributed by atoms with van der Waals surface area (Å²) in [7, 11) is 1.43. The summed E-state index contributed by atoms with van der Waals surface area (Å²) in [6.45, 7) is 0. The maximum Gasteiger partial charge on any atom is 0.371 e. The SMILES string of the molecule is COc1cc(CSc2ccc(C(=O)O)o2)cc([N+](=O)[O-])c1. The monoisotopic (exact) mass is 309 g/mol. The third-order valence-corrected chi connectivity index (χ3v) is 3.55. The molecule has 110 valence electrons. The minimum atomic E-state index is -1.14. The molecule has 0 saturated heterocycles. The molecule has 0 unspecified atom stereocenters. The van der Waals surface area contributed by atoms with Crippen LogP contribution in [0.25, 0.3) is 0 Å². The molecule has 0 spiro atoms. The summed E-state index contributed by atoms with van der Waals surface area (Å²) in [5.74, 6) is -0.497. The van der Waals surface area contributed by atoms with E-state index in [1.54, 1.807) is 12.1 Å². The first-order valence-corrected chi connectivity index (χ1v) is 6.76. The smallest absolute Gasteiger partial charge is 0.371 e. The topological polar surface area (TPSA) is 103 Å². The molecule has 1 heterocycles. The second kappa shape index (κ2) is 6.31. The highest BCUT2D eigenvalue weighted by molar-refractivity contribution is 7.98. The van der Waals surface area contributed by atoms with Gasteiger partial charge in [0.15, 0.2) is 5.09 Å². The Kier molecular flexibility index (Phi) is 4.49. The number of rotatable bonds is 6. The number of aromatic carboxylic acids is 1. The van der Waals surface area contributed by atoms with Gasteiger partial charge in [-0.3, -0.25) is 10.1 Å². The van der Waals surface area contributed by atoms with Gasteiger partial charge in [0.1, 0.15) is 5.75 Å². The molecule has 0 aliphatic rings. The van der Waals surface area contributed by atoms with Crippen molar-refractivity contribution in [1.29, 1.82) is 0 Å². The third kappa shape index (κ3) is 3.76. The third-order valence-electron chi connectivity index (χ3n) is 2.57. The Morgan fingerprint density at radius 3 is 2.76 bits per heavy atom. The Balaban J connectivity index is 2.13. The lowest BCUT2D eigenvalue weighted by Crippen LogP contribution is -1.93. The Bertz CT molecular complexity index is 681. The number of hydrogen-bond donors (Lipinski definition) is 1. The van der Waals surface area contributed by atoms with Crippen LogP contribution in [0.4, 0.5) is 5.69 Å². The quantitative estimate of drug-likeness (QED) is 0.496. The van der Waals surface area contributed by atoms with Gasteiger partial charge in [-0.15, -0.1) is 0 Å². The molecule has 0 fully saturated rings. The number of nitro benzene ring substituents is 1. The second-order valence-electron chi connectivity index (χ2n) is 4.01. The second-order valence-corrected chi connectivity index (χ2v) is 4.99. The Morgan fingerprint density at radius 1 is 1.43 bits per heavy atom. The van der Waals surface area contributed by atoms with Crippen molar-refractivity contribution in [3.63, 3.8) is 0 Å². The predicted octanol–water partition coefficient (Wildman–Crippen LogP) is 3.19. The average molecular weight is 309 g/mol. The van der Waals surface area contributed by atoms with Gasteiger partial charge < -0.3 is 14.3 Å². The number of furan rings is 1. The Morgan fingerprint density at radius 2 is 2.19 bits per heavy atom. The van der Waals surface area contributed by atoms with Crippen LogP contribution in [0.3, 0.4) is 0 Å². The molecule has 0 bridgehead atoms. The minimum Gasteiger partial charge on any atom is -0.496 e. The van der Waals surface area contributed by atoms with E-state index in [1.807, 2.05) is 0 Å². The number of ether oxygens (including phenoxy) is 1. The van der Waals surface area contributed by atoms with Crippen molar-refractivity contribution >= 4 is 23.4 Å². The number of carboxylic acid groups (broad SMARTS) is 1. The molecule has 1 aromatic heterocycles. The molecule has 8 heteroatoms. The fraction of sp³-hybridized carbons (Fsp3) is 0.154. The maximum atomic E-state index is 10.8. The summed E-state index contributed by atoms with van der Waals surface area (Å²) in [6, 6.07) is 7.36. The van der Waals surface area contributed by atoms with E-state index in [0.29, 0.717) is 22.2 Å². The highest BCUT2D eigenvalue weighted by Gasteiger charge is 2.12. The fourth-order valence-electron chi connectivity index (χ4n) is 1.62. The van der Waals surface area contributed by atoms with Crippen molar-refractivity contribution in [2.24, 2.45) is 0 Å². The first-order valence-electron chi connectivity index (χ1n) is 5.78. The number of carbonyl (C=O) groups is 1. The van der Waals surface area contributed by atoms with E-state index in [2.05, 4.69) is 0 Å². The first kappa shape index (κ1) is 14.9. The number of benzene rings is 1. The van der Waals surface area contributed by atoms with Gasteiger partial charge in [-0.2, -0.15) is 0 Å². The molecule has 2 aromatic rings. The molecular formula is C13H11NO6S. The zero-order valence-corrected chi connectivity index (χ0v) is 11.8. The summed E-state index contributed by atoms with van der Waals surface area (Å²) >= 11 is 1.24. The van der Waals surface area contributed by atoms with Gasteiger partial charge in [-0.05, 0) is 23.8 Å². The lowest BCUT2D eigenvalue weighted by Gasteiger charge is -2.04. The molecule has 1 N–H and O–H groups in total. The van der Waals surface area contributed by atoms with Gasteiger partial charge in [0.05, 0.1) is 18.1 Å². The van der Waals surface area contributed by atoms with E-state index in [0.717, 1.165) is 0 Å². The molecule has 0 amide bonds. The zero-order chi connectivity index (χ0) is 15.4. The van der Waals surface area contributed by atoms with Crippen molar-refractivity contribution in [2.45, 2.75) is 10.8 Å². The molecule has 0 aliphatic heterocycles. The molecule has 2 rings (SSSR count). The number of methoxy groups -OCH3 is 1. The highest BCUT2D eigenvalue weighted by atomic mass is 32.2. The minimum absolute atomic E-state index is 0.0596. The summed E-state index contributed by atoms with van der Waals surface area (Å²) in [5.41, 5.74) is 0.620. The van der Waals surface area contributed by atoms with Gasteiger partial charge in [0, 0.05) is 11.8 Å². The lowest BCUT2D eigenvalue weighted by atomic mass is 10.2. The van der Waals surface area contributed by atoms with Crippen molar-refractivity contribution in [3.8, 4) is 5.75 Å². The first-order chi connectivity index (χ1) is 9.99. The number of nitro groups is 1. The molecule has 7 nitrogen and oxygen atoms in total. The van der Waals surface area contributed by atoms with Gasteiger partial charge in [-0.25, -0.2) is 4.79 Å². The molecular weight excluding hydrogens is 298 g/mol. The summed E-state index contributed by atoms with van der Waals surface area (Å²) in [6.07, 6.45) is 0. The van der Waals surface area contributed by atoms with Crippen LogP contribution in [0.5, 0.6) is 5.75 Å². The van der Waals surface area contributed by atoms with Crippen molar-refractivity contribution in [1.82, 2.24) is 0 Å². The van der Waals surface area contributed by atoms with Gasteiger partial charge >= 0.3 is 5.97 Å². The molecule has 21 heavy (non-hydrogen) atoms. The van der Waals surface area contributed by atoms with E-state index in [9.17, 15) is 14.9 Å². The fourth-order valence-corrected chi connectivity index (χ4v) is 2.41. The summed E-state index contributed by atoms with van der Waals surface area (Å²) in [4.78, 5) is 21.0. The molecule has 0 radical (unpaired) electrons. The van der Waals surface area contributed by atoms with E-state index >= 15 is 0 Å². The van der Waals surface area contributed by atoms with Crippen molar-refractivity contribution in [3.05, 3.63) is 51.8 Å². The number of non-ortho nitro benzene ring substituents is 1. The van der Waals surface area contributed by atoms with Crippen LogP contribution in [0.2, 0.25) is 0 Å². The zero-order valence-electron chi connectivity index (χ0n) is 10.9. The summed E-state index contributed by atoms with van der Waals surface area (Å²) < 4.78 is 10.1.